The second-order valence-electron chi connectivity index (χ2n) is 6.55. The van der Waals surface area contributed by atoms with Crippen molar-refractivity contribution in [1.29, 1.82) is 0 Å². The predicted molar refractivity (Wildman–Crippen MR) is 103 cm³/mol. The van der Waals surface area contributed by atoms with Gasteiger partial charge in [-0.25, -0.2) is 4.18 Å². The molecule has 0 spiro atoms. The zero-order valence-corrected chi connectivity index (χ0v) is 17.1. The summed E-state index contributed by atoms with van der Waals surface area (Å²) in [7, 11) is -3.22. The number of aliphatic hydroxyl groups excluding tert-OH is 1. The van der Waals surface area contributed by atoms with Gasteiger partial charge >= 0.3 is 16.4 Å². The van der Waals surface area contributed by atoms with Crippen molar-refractivity contribution in [3.8, 4) is 0 Å². The number of allylic oxidation sites excluding steroid dienone is 1. The molecule has 7 heteroatoms. The van der Waals surface area contributed by atoms with Gasteiger partial charge in [0.1, 0.15) is 0 Å². The highest BCUT2D eigenvalue weighted by atomic mass is 32.3. The third-order valence-electron chi connectivity index (χ3n) is 4.12. The third-order valence-corrected chi connectivity index (χ3v) is 4.91. The molecule has 1 N–H and O–H groups in total. The number of carbonyl (C=O) groups is 1. The highest BCUT2D eigenvalue weighted by Crippen LogP contribution is 2.11. The zero-order valence-electron chi connectivity index (χ0n) is 16.3. The Morgan fingerprint density at radius 3 is 2.35 bits per heavy atom. The molecule has 0 aromatic heterocycles. The van der Waals surface area contributed by atoms with Crippen molar-refractivity contribution in [3.63, 3.8) is 0 Å². The van der Waals surface area contributed by atoms with E-state index in [1.54, 1.807) is 0 Å². The third kappa shape index (κ3) is 16.5. The molecule has 0 aliphatic heterocycles. The van der Waals surface area contributed by atoms with Crippen molar-refractivity contribution in [2.45, 2.75) is 96.5 Å². The van der Waals surface area contributed by atoms with E-state index in [1.165, 1.54) is 19.3 Å². The van der Waals surface area contributed by atoms with Gasteiger partial charge in [0.2, 0.25) is 0 Å². The van der Waals surface area contributed by atoms with E-state index in [-0.39, 0.29) is 12.5 Å². The van der Waals surface area contributed by atoms with Crippen molar-refractivity contribution in [3.05, 3.63) is 12.2 Å². The van der Waals surface area contributed by atoms with Crippen molar-refractivity contribution in [1.82, 2.24) is 0 Å². The van der Waals surface area contributed by atoms with Crippen molar-refractivity contribution < 1.29 is 26.7 Å². The van der Waals surface area contributed by atoms with Crippen LogP contribution >= 0.6 is 0 Å². The molecule has 0 saturated heterocycles. The number of carbonyl (C=O) groups excluding carboxylic acids is 1. The summed E-state index contributed by atoms with van der Waals surface area (Å²) in [6.45, 7) is 2.18. The van der Waals surface area contributed by atoms with Gasteiger partial charge in [0.15, 0.2) is 0 Å². The minimum Gasteiger partial charge on any atom is -0.393 e. The van der Waals surface area contributed by atoms with Crippen LogP contribution in [0.2, 0.25) is 0 Å². The summed E-state index contributed by atoms with van der Waals surface area (Å²) in [5.74, 6) is -0.775. The van der Waals surface area contributed by atoms with Crippen LogP contribution in [0.1, 0.15) is 90.4 Å². The maximum atomic E-state index is 11.3. The Balaban J connectivity index is 3.46. The fourth-order valence-corrected chi connectivity index (χ4v) is 2.93. The molecule has 0 aliphatic rings. The second kappa shape index (κ2) is 16.3. The molecule has 0 amide bonds. The predicted octanol–water partition coefficient (Wildman–Crippen LogP) is 4.43. The molecule has 0 saturated carbocycles. The summed E-state index contributed by atoms with van der Waals surface area (Å²) in [5, 5.41) is 9.85. The fraction of sp³-hybridized carbons (Fsp3) is 0.842. The minimum absolute atomic E-state index is 0.0820. The molecule has 154 valence electrons. The molecular formula is C19H36O6S. The topological polar surface area (TPSA) is 89.9 Å². The van der Waals surface area contributed by atoms with Crippen LogP contribution in [-0.4, -0.2) is 32.7 Å². The van der Waals surface area contributed by atoms with E-state index in [4.69, 9.17) is 0 Å². The molecule has 26 heavy (non-hydrogen) atoms. The van der Waals surface area contributed by atoms with E-state index < -0.39 is 16.4 Å². The van der Waals surface area contributed by atoms with Gasteiger partial charge in [-0.1, -0.05) is 64.0 Å². The van der Waals surface area contributed by atoms with Gasteiger partial charge in [-0.2, -0.15) is 8.42 Å². The molecular weight excluding hydrogens is 356 g/mol. The molecule has 0 fully saturated rings. The first-order chi connectivity index (χ1) is 12.4. The van der Waals surface area contributed by atoms with Crippen molar-refractivity contribution >= 4 is 16.4 Å². The second-order valence-corrected chi connectivity index (χ2v) is 7.86. The fourth-order valence-electron chi connectivity index (χ4n) is 2.55. The van der Waals surface area contributed by atoms with Gasteiger partial charge in [-0.15, -0.1) is 0 Å². The average Bonchev–Trinajstić information content (AvgIpc) is 2.60. The van der Waals surface area contributed by atoms with Crippen LogP contribution in [0, 0.1) is 0 Å². The number of unbranched alkanes of at least 4 members (excludes halogenated alkanes) is 8. The highest BCUT2D eigenvalue weighted by Gasteiger charge is 2.15. The Labute approximate surface area is 159 Å². The monoisotopic (exact) mass is 392 g/mol. The molecule has 0 aliphatic carbocycles. The number of rotatable bonds is 17. The van der Waals surface area contributed by atoms with Crippen molar-refractivity contribution in [2.75, 3.05) is 7.11 Å². The summed E-state index contributed by atoms with van der Waals surface area (Å²) in [6, 6.07) is 0. The van der Waals surface area contributed by atoms with E-state index in [0.29, 0.717) is 6.42 Å². The molecule has 0 rings (SSSR count). The van der Waals surface area contributed by atoms with Gasteiger partial charge in [-0.3, -0.25) is 4.79 Å². The molecule has 0 aromatic carbocycles. The summed E-state index contributed by atoms with van der Waals surface area (Å²) < 4.78 is 30.1. The Morgan fingerprint density at radius 2 is 1.65 bits per heavy atom. The van der Waals surface area contributed by atoms with Gasteiger partial charge in [0.25, 0.3) is 0 Å². The molecule has 0 bridgehead atoms. The number of hydrogen-bond donors (Lipinski definition) is 1. The van der Waals surface area contributed by atoms with Gasteiger partial charge < -0.3 is 9.29 Å². The zero-order chi connectivity index (χ0) is 19.7. The SMILES string of the molecule is CCCCCC[C@@H](O)C/C=C\CCCCCCCC(=O)OS(=O)(=O)OC. The lowest BCUT2D eigenvalue weighted by Gasteiger charge is -2.07. The van der Waals surface area contributed by atoms with Crippen LogP contribution in [0.4, 0.5) is 0 Å². The van der Waals surface area contributed by atoms with E-state index in [2.05, 4.69) is 27.4 Å². The lowest BCUT2D eigenvalue weighted by molar-refractivity contribution is -0.134. The molecule has 1 atom stereocenters. The van der Waals surface area contributed by atoms with Gasteiger partial charge in [-0.05, 0) is 32.1 Å². The summed E-state index contributed by atoms with van der Waals surface area (Å²) >= 11 is 0. The summed E-state index contributed by atoms with van der Waals surface area (Å²) in [4.78, 5) is 11.3. The van der Waals surface area contributed by atoms with Crippen LogP contribution in [-0.2, 0) is 23.6 Å². The molecule has 0 heterocycles. The van der Waals surface area contributed by atoms with E-state index >= 15 is 0 Å². The lowest BCUT2D eigenvalue weighted by Crippen LogP contribution is -2.13. The standard InChI is InChI=1S/C19H36O6S/c1-3-4-5-12-15-18(20)16-13-10-8-6-7-9-11-14-17-19(21)25-26(22,23)24-2/h10,13,18,20H,3-9,11-12,14-17H2,1-2H3/b13-10-/t18-/m1/s1. The first-order valence-electron chi connectivity index (χ1n) is 9.77. The molecule has 6 nitrogen and oxygen atoms in total. The molecule has 0 radical (unpaired) electrons. The summed E-state index contributed by atoms with van der Waals surface area (Å²) in [5.41, 5.74) is 0. The Hall–Kier alpha value is -0.920. The highest BCUT2D eigenvalue weighted by molar-refractivity contribution is 7.82. The van der Waals surface area contributed by atoms with Crippen LogP contribution in [0.5, 0.6) is 0 Å². The lowest BCUT2D eigenvalue weighted by atomic mass is 10.1. The smallest absolute Gasteiger partial charge is 0.393 e. The largest absolute Gasteiger partial charge is 0.451 e. The Kier molecular flexibility index (Phi) is 15.7. The van der Waals surface area contributed by atoms with Crippen LogP contribution in [0.25, 0.3) is 0 Å². The Morgan fingerprint density at radius 1 is 1.00 bits per heavy atom. The minimum atomic E-state index is -4.17. The van der Waals surface area contributed by atoms with E-state index in [0.717, 1.165) is 58.5 Å². The normalized spacial score (nSPS) is 13.2. The van der Waals surface area contributed by atoms with E-state index in [1.807, 2.05) is 0 Å². The summed E-state index contributed by atoms with van der Waals surface area (Å²) in [6.07, 6.45) is 16.1. The number of hydrogen-bond acceptors (Lipinski definition) is 6. The maximum Gasteiger partial charge on any atom is 0.451 e. The molecule has 0 unspecified atom stereocenters. The first kappa shape index (κ1) is 25.1. The van der Waals surface area contributed by atoms with Crippen LogP contribution in [0.15, 0.2) is 12.2 Å². The van der Waals surface area contributed by atoms with Crippen LogP contribution in [0.3, 0.4) is 0 Å². The Bertz CT molecular complexity index is 472. The van der Waals surface area contributed by atoms with E-state index in [9.17, 15) is 18.3 Å². The number of aliphatic hydroxyl groups is 1. The quantitative estimate of drug-likeness (QED) is 0.291. The molecule has 0 aromatic rings. The van der Waals surface area contributed by atoms with Gasteiger partial charge in [0.05, 0.1) is 13.2 Å². The van der Waals surface area contributed by atoms with Crippen LogP contribution < -0.4 is 0 Å². The maximum absolute atomic E-state index is 11.3. The first-order valence-corrected chi connectivity index (χ1v) is 11.1. The van der Waals surface area contributed by atoms with Gasteiger partial charge in [0, 0.05) is 6.42 Å². The van der Waals surface area contributed by atoms with Crippen molar-refractivity contribution in [2.24, 2.45) is 0 Å². The average molecular weight is 393 g/mol.